The Morgan fingerprint density at radius 3 is 1.57 bits per heavy atom. The van der Waals surface area contributed by atoms with E-state index in [1.165, 1.54) is 0 Å². The first-order valence-corrected chi connectivity index (χ1v) is 5.32. The SMILES string of the molecule is C[C@@H]1CN2C[C@@H](C)OB(O1)O[C@@H](C)C2. The van der Waals surface area contributed by atoms with Crippen molar-refractivity contribution in [2.45, 2.75) is 39.1 Å². The van der Waals surface area contributed by atoms with E-state index in [2.05, 4.69) is 25.7 Å². The highest BCUT2D eigenvalue weighted by Gasteiger charge is 2.36. The zero-order chi connectivity index (χ0) is 10.1. The first-order valence-electron chi connectivity index (χ1n) is 5.32. The molecule has 3 heterocycles. The summed E-state index contributed by atoms with van der Waals surface area (Å²) in [6, 6.07) is 0. The number of fused-ring (bicyclic) bond motifs is 6. The van der Waals surface area contributed by atoms with Gasteiger partial charge in [-0.05, 0) is 20.8 Å². The van der Waals surface area contributed by atoms with E-state index in [1.54, 1.807) is 0 Å². The zero-order valence-corrected chi connectivity index (χ0v) is 9.10. The minimum atomic E-state index is -0.475. The Morgan fingerprint density at radius 2 is 1.21 bits per heavy atom. The molecule has 0 amide bonds. The van der Waals surface area contributed by atoms with Crippen molar-refractivity contribution in [2.75, 3.05) is 19.6 Å². The zero-order valence-electron chi connectivity index (χ0n) is 9.10. The molecule has 0 N–H and O–H groups in total. The standard InChI is InChI=1S/C9H18BNO3/c1-7-4-11-5-8(2)13-10(12-7)14-9(3)6-11/h7-9H,4-6H2,1-3H3/t7-,8-,9+/m1/s1. The number of hydrogen-bond acceptors (Lipinski definition) is 4. The average Bonchev–Trinajstić information content (AvgIpc) is 1.96. The van der Waals surface area contributed by atoms with Crippen LogP contribution in [0.1, 0.15) is 20.8 Å². The van der Waals surface area contributed by atoms with Crippen molar-refractivity contribution in [3.63, 3.8) is 0 Å². The third kappa shape index (κ3) is 2.48. The van der Waals surface area contributed by atoms with E-state index >= 15 is 0 Å². The molecule has 0 saturated carbocycles. The van der Waals surface area contributed by atoms with Crippen molar-refractivity contribution >= 4 is 7.32 Å². The van der Waals surface area contributed by atoms with Crippen LogP contribution in [-0.2, 0) is 14.0 Å². The second-order valence-corrected chi connectivity index (χ2v) is 4.35. The normalized spacial score (nSPS) is 44.4. The van der Waals surface area contributed by atoms with Gasteiger partial charge in [-0.1, -0.05) is 0 Å². The molecule has 0 aromatic carbocycles. The van der Waals surface area contributed by atoms with E-state index in [-0.39, 0.29) is 18.3 Å². The molecule has 14 heavy (non-hydrogen) atoms. The van der Waals surface area contributed by atoms with E-state index in [4.69, 9.17) is 14.0 Å². The van der Waals surface area contributed by atoms with Gasteiger partial charge < -0.3 is 14.0 Å². The highest BCUT2D eigenvalue weighted by Crippen LogP contribution is 2.16. The Labute approximate surface area is 85.7 Å². The second kappa shape index (κ2) is 4.19. The van der Waals surface area contributed by atoms with E-state index in [0.717, 1.165) is 19.6 Å². The Hall–Kier alpha value is -0.0951. The number of hydrogen-bond donors (Lipinski definition) is 0. The maximum absolute atomic E-state index is 5.62. The largest absolute Gasteiger partial charge is 0.640 e. The van der Waals surface area contributed by atoms with Gasteiger partial charge in [0.05, 0.1) is 18.3 Å². The summed E-state index contributed by atoms with van der Waals surface area (Å²) in [7, 11) is -0.475. The van der Waals surface area contributed by atoms with Crippen LogP contribution in [-0.4, -0.2) is 50.2 Å². The van der Waals surface area contributed by atoms with Gasteiger partial charge in [-0.25, -0.2) is 0 Å². The average molecular weight is 199 g/mol. The molecular formula is C9H18BNO3. The maximum Gasteiger partial charge on any atom is 0.640 e. The molecule has 4 nitrogen and oxygen atoms in total. The quantitative estimate of drug-likeness (QED) is 0.532. The lowest BCUT2D eigenvalue weighted by atomic mass is 10.1. The Morgan fingerprint density at radius 1 is 0.857 bits per heavy atom. The first-order chi connectivity index (χ1) is 6.63. The third-order valence-corrected chi connectivity index (χ3v) is 2.58. The third-order valence-electron chi connectivity index (χ3n) is 2.58. The summed E-state index contributed by atoms with van der Waals surface area (Å²) in [5.74, 6) is 0. The molecule has 3 rings (SSSR count). The summed E-state index contributed by atoms with van der Waals surface area (Å²) in [5.41, 5.74) is 0. The van der Waals surface area contributed by atoms with Crippen molar-refractivity contribution in [1.82, 2.24) is 4.90 Å². The van der Waals surface area contributed by atoms with E-state index in [0.29, 0.717) is 0 Å². The van der Waals surface area contributed by atoms with Gasteiger partial charge in [0.25, 0.3) is 0 Å². The lowest BCUT2D eigenvalue weighted by Gasteiger charge is -2.38. The van der Waals surface area contributed by atoms with Gasteiger partial charge in [0.1, 0.15) is 0 Å². The van der Waals surface area contributed by atoms with Gasteiger partial charge in [-0.15, -0.1) is 0 Å². The topological polar surface area (TPSA) is 30.9 Å². The van der Waals surface area contributed by atoms with E-state index in [9.17, 15) is 0 Å². The van der Waals surface area contributed by atoms with Crippen LogP contribution in [0.25, 0.3) is 0 Å². The van der Waals surface area contributed by atoms with Gasteiger partial charge in [0.15, 0.2) is 0 Å². The lowest BCUT2D eigenvalue weighted by Crippen LogP contribution is -2.53. The second-order valence-electron chi connectivity index (χ2n) is 4.35. The Kier molecular flexibility index (Phi) is 3.12. The van der Waals surface area contributed by atoms with Crippen molar-refractivity contribution in [3.8, 4) is 0 Å². The monoisotopic (exact) mass is 199 g/mol. The minimum absolute atomic E-state index is 0.181. The summed E-state index contributed by atoms with van der Waals surface area (Å²) in [5, 5.41) is 0. The van der Waals surface area contributed by atoms with Crippen molar-refractivity contribution in [2.24, 2.45) is 0 Å². The van der Waals surface area contributed by atoms with Crippen LogP contribution in [0.3, 0.4) is 0 Å². The van der Waals surface area contributed by atoms with Crippen LogP contribution >= 0.6 is 0 Å². The molecule has 0 aliphatic carbocycles. The fraction of sp³-hybridized carbons (Fsp3) is 1.00. The molecule has 3 aliphatic heterocycles. The van der Waals surface area contributed by atoms with Crippen molar-refractivity contribution < 1.29 is 14.0 Å². The molecule has 3 aliphatic rings. The van der Waals surface area contributed by atoms with Crippen LogP contribution in [0, 0.1) is 0 Å². The molecule has 80 valence electrons. The van der Waals surface area contributed by atoms with E-state index in [1.807, 2.05) is 0 Å². The maximum atomic E-state index is 5.62. The number of rotatable bonds is 0. The molecule has 0 radical (unpaired) electrons. The Bertz CT molecular complexity index is 153. The van der Waals surface area contributed by atoms with E-state index < -0.39 is 7.32 Å². The highest BCUT2D eigenvalue weighted by atomic mass is 16.7. The predicted molar refractivity (Wildman–Crippen MR) is 53.8 cm³/mol. The molecule has 0 aromatic rings. The molecular weight excluding hydrogens is 181 g/mol. The van der Waals surface area contributed by atoms with Crippen LogP contribution in [0.4, 0.5) is 0 Å². The van der Waals surface area contributed by atoms with Gasteiger partial charge in [-0.3, -0.25) is 4.90 Å². The molecule has 0 spiro atoms. The fourth-order valence-electron chi connectivity index (χ4n) is 2.11. The smallest absolute Gasteiger partial charge is 0.382 e. The lowest BCUT2D eigenvalue weighted by molar-refractivity contribution is -0.0583. The van der Waals surface area contributed by atoms with Gasteiger partial charge >= 0.3 is 7.32 Å². The summed E-state index contributed by atoms with van der Waals surface area (Å²) in [6.07, 6.45) is 0.542. The van der Waals surface area contributed by atoms with Crippen LogP contribution in [0.2, 0.25) is 0 Å². The number of nitrogens with zero attached hydrogens (tertiary/aromatic N) is 1. The molecule has 0 unspecified atom stereocenters. The minimum Gasteiger partial charge on any atom is -0.382 e. The summed E-state index contributed by atoms with van der Waals surface area (Å²) >= 11 is 0. The first kappa shape index (κ1) is 10.4. The summed E-state index contributed by atoms with van der Waals surface area (Å²) in [6.45, 7) is 9.07. The summed E-state index contributed by atoms with van der Waals surface area (Å²) in [4.78, 5) is 2.34. The highest BCUT2D eigenvalue weighted by molar-refractivity contribution is 6.36. The van der Waals surface area contributed by atoms with Gasteiger partial charge in [0.2, 0.25) is 0 Å². The molecule has 5 heteroatoms. The fourth-order valence-corrected chi connectivity index (χ4v) is 2.11. The van der Waals surface area contributed by atoms with Crippen LogP contribution < -0.4 is 0 Å². The molecule has 2 bridgehead atoms. The predicted octanol–water partition coefficient (Wildman–Crippen LogP) is 0.516. The Balaban J connectivity index is 2.10. The summed E-state index contributed by atoms with van der Waals surface area (Å²) < 4.78 is 16.9. The van der Waals surface area contributed by atoms with Crippen molar-refractivity contribution in [3.05, 3.63) is 0 Å². The molecule has 0 aromatic heterocycles. The van der Waals surface area contributed by atoms with Crippen LogP contribution in [0.5, 0.6) is 0 Å². The van der Waals surface area contributed by atoms with Crippen LogP contribution in [0.15, 0.2) is 0 Å². The molecule has 3 atom stereocenters. The molecule has 3 saturated heterocycles. The van der Waals surface area contributed by atoms with Crippen molar-refractivity contribution in [1.29, 1.82) is 0 Å². The van der Waals surface area contributed by atoms with Gasteiger partial charge in [-0.2, -0.15) is 0 Å². The van der Waals surface area contributed by atoms with Gasteiger partial charge in [0, 0.05) is 19.6 Å². The molecule has 3 fully saturated rings.